The Labute approximate surface area is 133 Å². The molecular weight excluding hydrogens is 298 g/mol. The molecule has 2 aromatic carbocycles. The number of hydrogen-bond donors (Lipinski definition) is 1. The summed E-state index contributed by atoms with van der Waals surface area (Å²) in [6, 6.07) is 14.6. The van der Waals surface area contributed by atoms with E-state index in [1.807, 2.05) is 36.4 Å². The van der Waals surface area contributed by atoms with Crippen LogP contribution in [0.2, 0.25) is 0 Å². The molecule has 0 fully saturated rings. The number of halogens is 1. The van der Waals surface area contributed by atoms with E-state index < -0.39 is 0 Å². The predicted molar refractivity (Wildman–Crippen MR) is 88.2 cm³/mol. The maximum absolute atomic E-state index is 12.3. The monoisotopic (exact) mass is 311 g/mol. The summed E-state index contributed by atoms with van der Waals surface area (Å²) in [5.74, 6) is 0.126. The number of nitrogens with one attached hydrogen (secondary N) is 1. The molecule has 0 saturated carbocycles. The highest BCUT2D eigenvalue weighted by Gasteiger charge is 2.24. The van der Waals surface area contributed by atoms with Gasteiger partial charge in [-0.3, -0.25) is 9.59 Å². The molecule has 3 rings (SSSR count). The topological polar surface area (TPSA) is 46.2 Å². The summed E-state index contributed by atoms with van der Waals surface area (Å²) in [6.45, 7) is 0. The average Bonchev–Trinajstić information content (AvgIpc) is 2.84. The largest absolute Gasteiger partial charge is 0.321 e. The van der Waals surface area contributed by atoms with Crippen molar-refractivity contribution in [1.29, 1.82) is 0 Å². The molecule has 0 unspecified atom stereocenters. The van der Waals surface area contributed by atoms with Gasteiger partial charge in [-0.1, -0.05) is 42.5 Å². The Morgan fingerprint density at radius 2 is 1.82 bits per heavy atom. The number of para-hydroxylation sites is 1. The van der Waals surface area contributed by atoms with E-state index >= 15 is 0 Å². The van der Waals surface area contributed by atoms with Crippen LogP contribution in [0, 0.1) is 0 Å². The van der Waals surface area contributed by atoms with Gasteiger partial charge in [0.05, 0.1) is 5.57 Å². The number of fused-ring (bicyclic) bond motifs is 1. The molecule has 2 aromatic rings. The van der Waals surface area contributed by atoms with Crippen molar-refractivity contribution >= 4 is 34.6 Å². The van der Waals surface area contributed by atoms with Gasteiger partial charge in [0.2, 0.25) is 0 Å². The van der Waals surface area contributed by atoms with Crippen LogP contribution in [0.25, 0.3) is 5.57 Å². The first-order valence-corrected chi connectivity index (χ1v) is 7.54. The van der Waals surface area contributed by atoms with E-state index in [0.29, 0.717) is 17.0 Å². The molecule has 0 aromatic heterocycles. The van der Waals surface area contributed by atoms with Gasteiger partial charge in [-0.05, 0) is 24.1 Å². The number of carbonyl (C=O) groups is 2. The third-order valence-electron chi connectivity index (χ3n) is 3.61. The van der Waals surface area contributed by atoms with Gasteiger partial charge in [0.15, 0.2) is 5.78 Å². The van der Waals surface area contributed by atoms with Crippen molar-refractivity contribution in [3.8, 4) is 0 Å². The second kappa shape index (κ2) is 6.16. The van der Waals surface area contributed by atoms with Crippen molar-refractivity contribution in [1.82, 2.24) is 0 Å². The van der Waals surface area contributed by atoms with Gasteiger partial charge in [0.1, 0.15) is 0 Å². The molecule has 1 aliphatic heterocycles. The van der Waals surface area contributed by atoms with E-state index in [1.54, 1.807) is 12.1 Å². The minimum atomic E-state index is -0.242. The summed E-state index contributed by atoms with van der Waals surface area (Å²) in [4.78, 5) is 24.3. The Morgan fingerprint density at radius 3 is 2.55 bits per heavy atom. The lowest BCUT2D eigenvalue weighted by atomic mass is 10.0. The fourth-order valence-corrected chi connectivity index (χ4v) is 2.66. The summed E-state index contributed by atoms with van der Waals surface area (Å²) in [5.41, 5.74) is 3.56. The quantitative estimate of drug-likeness (QED) is 0.532. The molecular formula is C18H14ClNO2. The second-order valence-electron chi connectivity index (χ2n) is 5.06. The summed E-state index contributed by atoms with van der Waals surface area (Å²) in [6.07, 6.45) is 2.17. The lowest BCUT2D eigenvalue weighted by Crippen LogP contribution is -2.06. The van der Waals surface area contributed by atoms with Crippen molar-refractivity contribution in [2.24, 2.45) is 0 Å². The summed E-state index contributed by atoms with van der Waals surface area (Å²) >= 11 is 5.69. The van der Waals surface area contributed by atoms with Crippen molar-refractivity contribution < 1.29 is 9.59 Å². The normalized spacial score (nSPS) is 14.8. The zero-order valence-electron chi connectivity index (χ0n) is 11.8. The van der Waals surface area contributed by atoms with Gasteiger partial charge >= 0.3 is 0 Å². The summed E-state index contributed by atoms with van der Waals surface area (Å²) < 4.78 is 0. The van der Waals surface area contributed by atoms with Crippen molar-refractivity contribution in [3.05, 3.63) is 71.3 Å². The van der Waals surface area contributed by atoms with Crippen LogP contribution >= 0.6 is 11.6 Å². The Balaban J connectivity index is 1.88. The molecule has 22 heavy (non-hydrogen) atoms. The van der Waals surface area contributed by atoms with E-state index in [9.17, 15) is 9.59 Å². The molecule has 0 bridgehead atoms. The molecule has 0 spiro atoms. The first-order chi connectivity index (χ1) is 10.7. The first kappa shape index (κ1) is 14.5. The van der Waals surface area contributed by atoms with Crippen LogP contribution in [0.3, 0.4) is 0 Å². The van der Waals surface area contributed by atoms with E-state index in [4.69, 9.17) is 11.6 Å². The van der Waals surface area contributed by atoms with Gasteiger partial charge in [0, 0.05) is 22.7 Å². The van der Waals surface area contributed by atoms with Gasteiger partial charge in [-0.2, -0.15) is 0 Å². The fourth-order valence-electron chi connectivity index (χ4n) is 2.44. The number of hydrogen-bond acceptors (Lipinski definition) is 2. The smallest absolute Gasteiger partial charge is 0.256 e. The second-order valence-corrected chi connectivity index (χ2v) is 5.44. The Bertz CT molecular complexity index is 763. The zero-order chi connectivity index (χ0) is 15.5. The number of amides is 1. The van der Waals surface area contributed by atoms with Crippen LogP contribution in [-0.4, -0.2) is 17.6 Å². The molecule has 1 aliphatic rings. The van der Waals surface area contributed by atoms with Crippen LogP contribution in [0.15, 0.2) is 54.6 Å². The van der Waals surface area contributed by atoms with Crippen molar-refractivity contribution in [2.45, 2.75) is 6.42 Å². The molecule has 1 amide bonds. The van der Waals surface area contributed by atoms with Crippen LogP contribution < -0.4 is 5.32 Å². The highest BCUT2D eigenvalue weighted by atomic mass is 35.5. The standard InChI is InChI=1S/C18H14ClNO2/c19-10-9-12-5-7-13(8-6-12)17(21)11-15-14-3-1-2-4-16(14)20-18(15)22/h1-8,11H,9-10H2,(H,20,22)/b15-11+. The van der Waals surface area contributed by atoms with Gasteiger partial charge in [-0.15, -0.1) is 11.6 Å². The summed E-state index contributed by atoms with van der Waals surface area (Å²) in [7, 11) is 0. The van der Waals surface area contributed by atoms with Gasteiger partial charge < -0.3 is 5.32 Å². The Kier molecular flexibility index (Phi) is 4.07. The maximum Gasteiger partial charge on any atom is 0.256 e. The van der Waals surface area contributed by atoms with Crippen LogP contribution in [-0.2, 0) is 11.2 Å². The van der Waals surface area contributed by atoms with Crippen LogP contribution in [0.1, 0.15) is 21.5 Å². The minimum Gasteiger partial charge on any atom is -0.321 e. The SMILES string of the molecule is O=C1Nc2ccccc2/C1=C\C(=O)c1ccc(CCCl)cc1. The molecule has 4 heteroatoms. The van der Waals surface area contributed by atoms with Crippen molar-refractivity contribution in [3.63, 3.8) is 0 Å². The van der Waals surface area contributed by atoms with Crippen LogP contribution in [0.4, 0.5) is 5.69 Å². The molecule has 0 aliphatic carbocycles. The zero-order valence-corrected chi connectivity index (χ0v) is 12.6. The maximum atomic E-state index is 12.3. The number of anilines is 1. The number of ketones is 1. The minimum absolute atomic E-state index is 0.181. The molecule has 0 radical (unpaired) electrons. The number of carbonyl (C=O) groups excluding carboxylic acids is 2. The first-order valence-electron chi connectivity index (χ1n) is 7.01. The number of allylic oxidation sites excluding steroid dienone is 1. The third kappa shape index (κ3) is 2.81. The van der Waals surface area contributed by atoms with Crippen molar-refractivity contribution in [2.75, 3.05) is 11.2 Å². The molecule has 1 heterocycles. The number of alkyl halides is 1. The number of benzene rings is 2. The Hall–Kier alpha value is -2.39. The van der Waals surface area contributed by atoms with E-state index in [1.165, 1.54) is 6.08 Å². The highest BCUT2D eigenvalue weighted by Crippen LogP contribution is 2.31. The Morgan fingerprint density at radius 1 is 1.09 bits per heavy atom. The molecule has 0 saturated heterocycles. The highest BCUT2D eigenvalue weighted by molar-refractivity contribution is 6.35. The van der Waals surface area contributed by atoms with E-state index in [2.05, 4.69) is 5.32 Å². The van der Waals surface area contributed by atoms with Gasteiger partial charge in [0.25, 0.3) is 5.91 Å². The lowest BCUT2D eigenvalue weighted by molar-refractivity contribution is -0.110. The predicted octanol–water partition coefficient (Wildman–Crippen LogP) is 3.69. The average molecular weight is 312 g/mol. The molecule has 110 valence electrons. The van der Waals surface area contributed by atoms with E-state index in [0.717, 1.165) is 23.2 Å². The third-order valence-corrected chi connectivity index (χ3v) is 3.80. The number of rotatable bonds is 4. The van der Waals surface area contributed by atoms with Crippen LogP contribution in [0.5, 0.6) is 0 Å². The van der Waals surface area contributed by atoms with E-state index in [-0.39, 0.29) is 11.7 Å². The van der Waals surface area contributed by atoms with Gasteiger partial charge in [-0.25, -0.2) is 0 Å². The summed E-state index contributed by atoms with van der Waals surface area (Å²) in [5, 5.41) is 2.76. The molecule has 3 nitrogen and oxygen atoms in total. The fraction of sp³-hybridized carbons (Fsp3) is 0.111. The lowest BCUT2D eigenvalue weighted by Gasteiger charge is -2.01. The molecule has 1 N–H and O–H groups in total. The molecule has 0 atom stereocenters. The number of aryl methyl sites for hydroxylation is 1.